The number of rotatable bonds is 1. The molecule has 2 aromatic heterocycles. The lowest BCUT2D eigenvalue weighted by molar-refractivity contribution is 0.942. The zero-order valence-corrected chi connectivity index (χ0v) is 12.3. The van der Waals surface area contributed by atoms with E-state index < -0.39 is 0 Å². The van der Waals surface area contributed by atoms with Crippen molar-refractivity contribution in [3.63, 3.8) is 0 Å². The van der Waals surface area contributed by atoms with E-state index >= 15 is 0 Å². The molecule has 0 aliphatic rings. The van der Waals surface area contributed by atoms with Gasteiger partial charge in [-0.05, 0) is 30.3 Å². The molecule has 0 unspecified atom stereocenters. The Morgan fingerprint density at radius 1 is 1.05 bits per heavy atom. The summed E-state index contributed by atoms with van der Waals surface area (Å²) >= 11 is 3.55. The summed E-state index contributed by atoms with van der Waals surface area (Å²) in [7, 11) is 2.09. The van der Waals surface area contributed by atoms with Crippen LogP contribution in [-0.2, 0) is 7.05 Å². The van der Waals surface area contributed by atoms with Crippen LogP contribution in [0.15, 0.2) is 47.1 Å². The zero-order chi connectivity index (χ0) is 13.7. The normalized spacial score (nSPS) is 11.5. The number of hydrogen-bond acceptors (Lipinski definition) is 2. The topological polar surface area (TPSA) is 46.5 Å². The van der Waals surface area contributed by atoms with Crippen molar-refractivity contribution in [3.8, 4) is 11.3 Å². The number of fused-ring (bicyclic) bond motifs is 3. The van der Waals surface area contributed by atoms with Crippen LogP contribution < -0.4 is 0 Å². The Morgan fingerprint density at radius 2 is 1.80 bits per heavy atom. The minimum Gasteiger partial charge on any atom is -0.344 e. The number of H-pyrrole nitrogens is 1. The van der Waals surface area contributed by atoms with E-state index in [4.69, 9.17) is 0 Å². The van der Waals surface area contributed by atoms with E-state index in [-0.39, 0.29) is 0 Å². The molecule has 2 aromatic carbocycles. The van der Waals surface area contributed by atoms with Crippen molar-refractivity contribution in [2.75, 3.05) is 0 Å². The number of aryl methyl sites for hydroxylation is 1. The predicted molar refractivity (Wildman–Crippen MR) is 83.5 cm³/mol. The van der Waals surface area contributed by atoms with Crippen molar-refractivity contribution in [2.24, 2.45) is 7.05 Å². The monoisotopic (exact) mass is 326 g/mol. The number of halogens is 1. The highest BCUT2D eigenvalue weighted by atomic mass is 79.9. The molecule has 0 atom stereocenters. The molecule has 0 spiro atoms. The number of nitrogens with one attached hydrogen (secondary N) is 1. The fourth-order valence-corrected chi connectivity index (χ4v) is 3.05. The lowest BCUT2D eigenvalue weighted by Crippen LogP contribution is -1.86. The van der Waals surface area contributed by atoms with Crippen LogP contribution in [0, 0.1) is 0 Å². The molecule has 1 N–H and O–H groups in total. The first-order valence-electron chi connectivity index (χ1n) is 6.28. The molecule has 0 aliphatic carbocycles. The van der Waals surface area contributed by atoms with E-state index in [1.165, 1.54) is 21.8 Å². The average molecular weight is 327 g/mol. The van der Waals surface area contributed by atoms with Gasteiger partial charge in [-0.15, -0.1) is 0 Å². The summed E-state index contributed by atoms with van der Waals surface area (Å²) in [5, 5.41) is 13.1. The summed E-state index contributed by atoms with van der Waals surface area (Å²) in [6.45, 7) is 0. The van der Waals surface area contributed by atoms with E-state index in [0.717, 1.165) is 15.7 Å². The van der Waals surface area contributed by atoms with Gasteiger partial charge in [0, 0.05) is 38.9 Å². The van der Waals surface area contributed by atoms with Crippen molar-refractivity contribution in [1.29, 1.82) is 0 Å². The number of nitrogens with zero attached hydrogens (tertiary/aromatic N) is 3. The van der Waals surface area contributed by atoms with Crippen LogP contribution in [0.3, 0.4) is 0 Å². The summed E-state index contributed by atoms with van der Waals surface area (Å²) < 4.78 is 3.30. The molecule has 2 heterocycles. The SMILES string of the molecule is Cn1c2ccc(Br)cc2c2cc(-c3cn[nH]n3)ccc21. The molecule has 0 fully saturated rings. The fourth-order valence-electron chi connectivity index (χ4n) is 2.69. The molecule has 4 rings (SSSR count). The predicted octanol–water partition coefficient (Wildman–Crippen LogP) is 3.88. The second-order valence-electron chi connectivity index (χ2n) is 4.81. The van der Waals surface area contributed by atoms with Gasteiger partial charge in [0.25, 0.3) is 0 Å². The largest absolute Gasteiger partial charge is 0.344 e. The van der Waals surface area contributed by atoms with Crippen molar-refractivity contribution >= 4 is 37.7 Å². The molecule has 20 heavy (non-hydrogen) atoms. The summed E-state index contributed by atoms with van der Waals surface area (Å²) in [6.07, 6.45) is 1.74. The van der Waals surface area contributed by atoms with E-state index in [1.54, 1.807) is 6.20 Å². The third kappa shape index (κ3) is 1.59. The van der Waals surface area contributed by atoms with E-state index in [1.807, 2.05) is 0 Å². The maximum atomic E-state index is 4.15. The number of aromatic amines is 1. The minimum absolute atomic E-state index is 0.860. The molecule has 4 nitrogen and oxygen atoms in total. The molecule has 0 saturated heterocycles. The van der Waals surface area contributed by atoms with E-state index in [9.17, 15) is 0 Å². The summed E-state index contributed by atoms with van der Waals surface area (Å²) in [5.74, 6) is 0. The fraction of sp³-hybridized carbons (Fsp3) is 0.0667. The smallest absolute Gasteiger partial charge is 0.112 e. The molecule has 5 heteroatoms. The first-order chi connectivity index (χ1) is 9.74. The molecular weight excluding hydrogens is 316 g/mol. The molecule has 4 aromatic rings. The molecule has 0 aliphatic heterocycles. The Labute approximate surface area is 123 Å². The zero-order valence-electron chi connectivity index (χ0n) is 10.8. The lowest BCUT2D eigenvalue weighted by atomic mass is 10.1. The van der Waals surface area contributed by atoms with Crippen LogP contribution >= 0.6 is 15.9 Å². The second-order valence-corrected chi connectivity index (χ2v) is 5.72. The van der Waals surface area contributed by atoms with Gasteiger partial charge in [0.1, 0.15) is 5.69 Å². The first kappa shape index (κ1) is 11.7. The molecular formula is C15H11BrN4. The van der Waals surface area contributed by atoms with Crippen molar-refractivity contribution in [1.82, 2.24) is 20.0 Å². The van der Waals surface area contributed by atoms with Crippen LogP contribution in [0.4, 0.5) is 0 Å². The molecule has 98 valence electrons. The number of aromatic nitrogens is 4. The van der Waals surface area contributed by atoms with Crippen LogP contribution in [0.2, 0.25) is 0 Å². The van der Waals surface area contributed by atoms with Gasteiger partial charge in [0.15, 0.2) is 0 Å². The Bertz CT molecular complexity index is 922. The summed E-state index contributed by atoms with van der Waals surface area (Å²) in [4.78, 5) is 0. The molecule has 0 bridgehead atoms. The van der Waals surface area contributed by atoms with Crippen molar-refractivity contribution in [2.45, 2.75) is 0 Å². The molecule has 0 saturated carbocycles. The van der Waals surface area contributed by atoms with E-state index in [2.05, 4.69) is 79.4 Å². The Hall–Kier alpha value is -2.14. The second kappa shape index (κ2) is 4.18. The van der Waals surface area contributed by atoms with Crippen LogP contribution in [0.25, 0.3) is 33.1 Å². The third-order valence-corrected chi connectivity index (χ3v) is 4.17. The van der Waals surface area contributed by atoms with Crippen LogP contribution in [0.5, 0.6) is 0 Å². The highest BCUT2D eigenvalue weighted by Gasteiger charge is 2.10. The third-order valence-electron chi connectivity index (χ3n) is 3.68. The number of benzene rings is 2. The van der Waals surface area contributed by atoms with Crippen LogP contribution in [0.1, 0.15) is 0 Å². The number of hydrogen-bond donors (Lipinski definition) is 1. The van der Waals surface area contributed by atoms with Gasteiger partial charge in [0.05, 0.1) is 6.20 Å². The van der Waals surface area contributed by atoms with E-state index in [0.29, 0.717) is 0 Å². The average Bonchev–Trinajstić information content (AvgIpc) is 3.07. The van der Waals surface area contributed by atoms with Gasteiger partial charge >= 0.3 is 0 Å². The van der Waals surface area contributed by atoms with Gasteiger partial charge in [-0.1, -0.05) is 22.0 Å². The van der Waals surface area contributed by atoms with Crippen molar-refractivity contribution < 1.29 is 0 Å². The van der Waals surface area contributed by atoms with Crippen molar-refractivity contribution in [3.05, 3.63) is 47.1 Å². The minimum atomic E-state index is 0.860. The van der Waals surface area contributed by atoms with Gasteiger partial charge in [0.2, 0.25) is 0 Å². The van der Waals surface area contributed by atoms with Crippen LogP contribution in [-0.4, -0.2) is 20.0 Å². The first-order valence-corrected chi connectivity index (χ1v) is 7.07. The quantitative estimate of drug-likeness (QED) is 0.577. The Morgan fingerprint density at radius 3 is 2.55 bits per heavy atom. The lowest BCUT2D eigenvalue weighted by Gasteiger charge is -1.99. The maximum absolute atomic E-state index is 4.15. The van der Waals surface area contributed by atoms with Gasteiger partial charge in [-0.3, -0.25) is 0 Å². The standard InChI is InChI=1S/C15H11BrN4/c1-20-14-4-2-9(13-8-17-19-18-13)6-11(14)12-7-10(16)3-5-15(12)20/h2-8H,1H3,(H,17,18,19). The summed E-state index contributed by atoms with van der Waals surface area (Å²) in [5.41, 5.74) is 4.36. The molecule has 0 radical (unpaired) electrons. The van der Waals surface area contributed by atoms with Gasteiger partial charge in [-0.2, -0.15) is 15.4 Å². The highest BCUT2D eigenvalue weighted by molar-refractivity contribution is 9.10. The molecule has 0 amide bonds. The Kier molecular flexibility index (Phi) is 2.44. The van der Waals surface area contributed by atoms with Gasteiger partial charge < -0.3 is 4.57 Å². The maximum Gasteiger partial charge on any atom is 0.112 e. The van der Waals surface area contributed by atoms with Gasteiger partial charge in [-0.25, -0.2) is 0 Å². The Balaban J connectivity index is 2.11. The summed E-state index contributed by atoms with van der Waals surface area (Å²) in [6, 6.07) is 12.7. The highest BCUT2D eigenvalue weighted by Crippen LogP contribution is 2.32.